The van der Waals surface area contributed by atoms with Crippen LogP contribution < -0.4 is 5.73 Å². The van der Waals surface area contributed by atoms with Crippen LogP contribution in [0.4, 0.5) is 0 Å². The molecule has 1 aromatic heterocycles. The number of nitrogens with two attached hydrogens (primary N) is 1. The van der Waals surface area contributed by atoms with Gasteiger partial charge in [0, 0.05) is 26.2 Å². The van der Waals surface area contributed by atoms with Crippen molar-refractivity contribution in [1.82, 2.24) is 19.4 Å². The summed E-state index contributed by atoms with van der Waals surface area (Å²) in [6, 6.07) is 1.35. The standard InChI is InChI=1S/C11H20N6O2S/c1-2-9(11(12)13)16-5-7-17(8-6-16)20(18,19)10-3-4-14-15-10/h3-4,9H,2,5-8H2,1H3,(H3,12,13)(H,14,15). The maximum Gasteiger partial charge on any atom is 0.260 e. The zero-order chi connectivity index (χ0) is 14.8. The lowest BCUT2D eigenvalue weighted by molar-refractivity contribution is 0.163. The lowest BCUT2D eigenvalue weighted by Gasteiger charge is -2.37. The molecule has 4 N–H and O–H groups in total. The minimum absolute atomic E-state index is 0.105. The van der Waals surface area contributed by atoms with Crippen molar-refractivity contribution in [1.29, 1.82) is 5.41 Å². The molecule has 0 saturated carbocycles. The molecule has 0 amide bonds. The van der Waals surface area contributed by atoms with E-state index in [1.54, 1.807) is 0 Å². The Labute approximate surface area is 118 Å². The van der Waals surface area contributed by atoms with Crippen molar-refractivity contribution < 1.29 is 8.42 Å². The van der Waals surface area contributed by atoms with Gasteiger partial charge in [-0.2, -0.15) is 9.40 Å². The monoisotopic (exact) mass is 300 g/mol. The van der Waals surface area contributed by atoms with Crippen LogP contribution in [0.25, 0.3) is 0 Å². The molecule has 9 heteroatoms. The maximum atomic E-state index is 12.3. The molecule has 1 aliphatic heterocycles. The topological polar surface area (TPSA) is 119 Å². The average Bonchev–Trinajstić information content (AvgIpc) is 2.94. The number of nitrogens with zero attached hydrogens (tertiary/aromatic N) is 3. The van der Waals surface area contributed by atoms with Crippen LogP contribution in [-0.4, -0.2) is 65.9 Å². The predicted molar refractivity (Wildman–Crippen MR) is 74.9 cm³/mol. The first-order valence-corrected chi connectivity index (χ1v) is 7.98. The summed E-state index contributed by atoms with van der Waals surface area (Å²) in [6.45, 7) is 3.91. The van der Waals surface area contributed by atoms with Gasteiger partial charge in [0.05, 0.1) is 12.2 Å². The van der Waals surface area contributed by atoms with Gasteiger partial charge in [0.25, 0.3) is 10.0 Å². The average molecular weight is 300 g/mol. The van der Waals surface area contributed by atoms with E-state index in [1.165, 1.54) is 16.6 Å². The Kier molecular flexibility index (Phi) is 4.41. The molecule has 1 atom stereocenters. The molecule has 1 saturated heterocycles. The summed E-state index contributed by atoms with van der Waals surface area (Å²) in [5, 5.41) is 13.8. The third kappa shape index (κ3) is 2.84. The first-order chi connectivity index (χ1) is 9.46. The fourth-order valence-electron chi connectivity index (χ4n) is 2.46. The van der Waals surface area contributed by atoms with Gasteiger partial charge in [0.2, 0.25) is 0 Å². The quantitative estimate of drug-likeness (QED) is 0.497. The van der Waals surface area contributed by atoms with E-state index in [2.05, 4.69) is 15.1 Å². The van der Waals surface area contributed by atoms with Crippen LogP contribution in [0.2, 0.25) is 0 Å². The summed E-state index contributed by atoms with van der Waals surface area (Å²) in [4.78, 5) is 2.06. The van der Waals surface area contributed by atoms with Crippen LogP contribution in [0.3, 0.4) is 0 Å². The Morgan fingerprint density at radius 1 is 1.50 bits per heavy atom. The van der Waals surface area contributed by atoms with Crippen LogP contribution in [0.15, 0.2) is 17.3 Å². The molecule has 8 nitrogen and oxygen atoms in total. The number of piperazine rings is 1. The van der Waals surface area contributed by atoms with Crippen molar-refractivity contribution >= 4 is 15.9 Å². The molecule has 2 rings (SSSR count). The number of H-pyrrole nitrogens is 1. The third-order valence-corrected chi connectivity index (χ3v) is 5.38. The molecule has 2 heterocycles. The summed E-state index contributed by atoms with van der Waals surface area (Å²) >= 11 is 0. The van der Waals surface area contributed by atoms with E-state index in [1.807, 2.05) is 6.92 Å². The van der Waals surface area contributed by atoms with Crippen LogP contribution >= 0.6 is 0 Å². The zero-order valence-corrected chi connectivity index (χ0v) is 12.2. The van der Waals surface area contributed by atoms with E-state index in [-0.39, 0.29) is 16.9 Å². The normalized spacial score (nSPS) is 19.9. The molecule has 0 aromatic carbocycles. The Bertz CT molecular complexity index is 547. The van der Waals surface area contributed by atoms with Crippen molar-refractivity contribution in [3.8, 4) is 0 Å². The van der Waals surface area contributed by atoms with E-state index in [0.717, 1.165) is 6.42 Å². The van der Waals surface area contributed by atoms with Crippen LogP contribution in [0.1, 0.15) is 13.3 Å². The molecule has 1 aliphatic rings. The summed E-state index contributed by atoms with van der Waals surface area (Å²) in [5.41, 5.74) is 5.57. The molecular weight excluding hydrogens is 280 g/mol. The fourth-order valence-corrected chi connectivity index (χ4v) is 3.78. The SMILES string of the molecule is CCC(C(=N)N)N1CCN(S(=O)(=O)c2ccn[nH]2)CC1. The molecule has 1 unspecified atom stereocenters. The summed E-state index contributed by atoms with van der Waals surface area (Å²) in [5.74, 6) is 0.136. The predicted octanol–water partition coefficient (Wildman–Crippen LogP) is -0.569. The first kappa shape index (κ1) is 14.9. The van der Waals surface area contributed by atoms with Gasteiger partial charge in [-0.25, -0.2) is 8.42 Å². The fraction of sp³-hybridized carbons (Fsp3) is 0.636. The number of amidine groups is 1. The number of rotatable bonds is 5. The number of hydrogen-bond donors (Lipinski definition) is 3. The van der Waals surface area contributed by atoms with Gasteiger partial charge in [0.15, 0.2) is 5.03 Å². The molecule has 20 heavy (non-hydrogen) atoms. The van der Waals surface area contributed by atoms with Crippen molar-refractivity contribution in [2.75, 3.05) is 26.2 Å². The van der Waals surface area contributed by atoms with E-state index in [0.29, 0.717) is 26.2 Å². The van der Waals surface area contributed by atoms with Crippen LogP contribution in [-0.2, 0) is 10.0 Å². The van der Waals surface area contributed by atoms with E-state index in [9.17, 15) is 8.42 Å². The largest absolute Gasteiger partial charge is 0.386 e. The minimum Gasteiger partial charge on any atom is -0.386 e. The second-order valence-electron chi connectivity index (χ2n) is 4.74. The summed E-state index contributed by atoms with van der Waals surface area (Å²) in [7, 11) is -3.49. The molecular formula is C11H20N6O2S. The number of nitrogens with one attached hydrogen (secondary N) is 2. The smallest absolute Gasteiger partial charge is 0.260 e. The Hall–Kier alpha value is -1.45. The molecule has 0 bridgehead atoms. The van der Waals surface area contributed by atoms with Gasteiger partial charge in [-0.1, -0.05) is 6.92 Å². The van der Waals surface area contributed by atoms with Gasteiger partial charge in [-0.15, -0.1) is 0 Å². The Balaban J connectivity index is 2.03. The van der Waals surface area contributed by atoms with Crippen LogP contribution in [0.5, 0.6) is 0 Å². The van der Waals surface area contributed by atoms with Crippen molar-refractivity contribution in [2.24, 2.45) is 5.73 Å². The molecule has 112 valence electrons. The molecule has 1 aromatic rings. The molecule has 0 aliphatic carbocycles. The van der Waals surface area contributed by atoms with Gasteiger partial charge >= 0.3 is 0 Å². The van der Waals surface area contributed by atoms with Gasteiger partial charge < -0.3 is 5.73 Å². The van der Waals surface area contributed by atoms with E-state index >= 15 is 0 Å². The second kappa shape index (κ2) is 5.90. The Morgan fingerprint density at radius 2 is 2.15 bits per heavy atom. The second-order valence-corrected chi connectivity index (χ2v) is 6.65. The van der Waals surface area contributed by atoms with Crippen molar-refractivity contribution in [3.63, 3.8) is 0 Å². The number of aromatic amines is 1. The Morgan fingerprint density at radius 3 is 2.60 bits per heavy atom. The highest BCUT2D eigenvalue weighted by Gasteiger charge is 2.31. The van der Waals surface area contributed by atoms with Gasteiger partial charge in [0.1, 0.15) is 5.84 Å². The molecule has 0 spiro atoms. The zero-order valence-electron chi connectivity index (χ0n) is 11.4. The molecule has 0 radical (unpaired) electrons. The third-order valence-electron chi connectivity index (χ3n) is 3.55. The minimum atomic E-state index is -3.49. The number of hydrogen-bond acceptors (Lipinski definition) is 5. The number of aromatic nitrogens is 2. The first-order valence-electron chi connectivity index (χ1n) is 6.54. The highest BCUT2D eigenvalue weighted by molar-refractivity contribution is 7.89. The van der Waals surface area contributed by atoms with E-state index in [4.69, 9.17) is 11.1 Å². The van der Waals surface area contributed by atoms with Crippen LogP contribution in [0, 0.1) is 5.41 Å². The van der Waals surface area contributed by atoms with Gasteiger partial charge in [-0.05, 0) is 12.5 Å². The lowest BCUT2D eigenvalue weighted by atomic mass is 10.1. The highest BCUT2D eigenvalue weighted by atomic mass is 32.2. The summed E-state index contributed by atoms with van der Waals surface area (Å²) in [6.07, 6.45) is 2.18. The van der Waals surface area contributed by atoms with Crippen molar-refractivity contribution in [3.05, 3.63) is 12.3 Å². The highest BCUT2D eigenvalue weighted by Crippen LogP contribution is 2.16. The number of sulfonamides is 1. The van der Waals surface area contributed by atoms with Crippen molar-refractivity contribution in [2.45, 2.75) is 24.4 Å². The summed E-state index contributed by atoms with van der Waals surface area (Å²) < 4.78 is 26.0. The molecule has 1 fully saturated rings. The lowest BCUT2D eigenvalue weighted by Crippen LogP contribution is -2.54. The van der Waals surface area contributed by atoms with E-state index < -0.39 is 10.0 Å². The maximum absolute atomic E-state index is 12.3. The van der Waals surface area contributed by atoms with Gasteiger partial charge in [-0.3, -0.25) is 15.4 Å².